The lowest BCUT2D eigenvalue weighted by Crippen LogP contribution is -2.20. The van der Waals surface area contributed by atoms with E-state index in [0.29, 0.717) is 16.8 Å². The molecule has 150 valence electrons. The Morgan fingerprint density at radius 3 is 2.82 bits per heavy atom. The number of aromatic nitrogens is 3. The number of nitrogen functional groups attached to an aromatic ring is 1. The molecule has 2 aromatic rings. The maximum absolute atomic E-state index is 12.3. The predicted octanol–water partition coefficient (Wildman–Crippen LogP) is 2.69. The van der Waals surface area contributed by atoms with Gasteiger partial charge in [-0.1, -0.05) is 31.0 Å². The summed E-state index contributed by atoms with van der Waals surface area (Å²) in [5, 5.41) is 22.5. The Morgan fingerprint density at radius 2 is 2.14 bits per heavy atom. The molecular weight excluding hydrogens is 384 g/mol. The molecule has 28 heavy (non-hydrogen) atoms. The van der Waals surface area contributed by atoms with Crippen LogP contribution in [0.3, 0.4) is 0 Å². The van der Waals surface area contributed by atoms with E-state index in [2.05, 4.69) is 15.5 Å². The molecule has 0 saturated heterocycles. The van der Waals surface area contributed by atoms with E-state index < -0.39 is 10.8 Å². The van der Waals surface area contributed by atoms with E-state index in [4.69, 9.17) is 10.6 Å². The van der Waals surface area contributed by atoms with Crippen molar-refractivity contribution in [2.24, 2.45) is 0 Å². The summed E-state index contributed by atoms with van der Waals surface area (Å²) in [5.74, 6) is 7.09. The molecule has 1 aliphatic rings. The van der Waals surface area contributed by atoms with Crippen LogP contribution >= 0.6 is 11.8 Å². The average Bonchev–Trinajstić information content (AvgIpc) is 3.07. The SMILES string of the molecule is COc1ccc(NC(=O)CSc2nnc(C3CCCCC3)n2N)c([N+](=O)[O-])c1. The van der Waals surface area contributed by atoms with Crippen molar-refractivity contribution < 1.29 is 14.5 Å². The third-order valence-corrected chi connectivity index (χ3v) is 5.61. The minimum absolute atomic E-state index is 0.00316. The minimum atomic E-state index is -0.571. The Labute approximate surface area is 166 Å². The Morgan fingerprint density at radius 1 is 1.39 bits per heavy atom. The number of ether oxygens (including phenoxy) is 1. The van der Waals surface area contributed by atoms with Gasteiger partial charge in [0, 0.05) is 5.92 Å². The second-order valence-electron chi connectivity index (χ2n) is 6.52. The van der Waals surface area contributed by atoms with Crippen LogP contribution in [0.1, 0.15) is 43.8 Å². The van der Waals surface area contributed by atoms with Gasteiger partial charge in [-0.2, -0.15) is 0 Å². The summed E-state index contributed by atoms with van der Waals surface area (Å²) in [6, 6.07) is 4.24. The van der Waals surface area contributed by atoms with Gasteiger partial charge in [0.2, 0.25) is 11.1 Å². The number of nitrogens with two attached hydrogens (primary N) is 1. The zero-order valence-corrected chi connectivity index (χ0v) is 16.3. The molecule has 3 rings (SSSR count). The molecular formula is C17H22N6O4S. The number of rotatable bonds is 7. The van der Waals surface area contributed by atoms with Gasteiger partial charge in [-0.05, 0) is 25.0 Å². The lowest BCUT2D eigenvalue weighted by atomic mass is 9.89. The number of nitrogens with zero attached hydrogens (tertiary/aromatic N) is 4. The monoisotopic (exact) mass is 406 g/mol. The van der Waals surface area contributed by atoms with Crippen LogP contribution < -0.4 is 15.9 Å². The summed E-state index contributed by atoms with van der Waals surface area (Å²) in [6.07, 6.45) is 5.63. The number of anilines is 1. The molecule has 0 bridgehead atoms. The number of carbonyl (C=O) groups is 1. The fourth-order valence-corrected chi connectivity index (χ4v) is 3.90. The maximum Gasteiger partial charge on any atom is 0.296 e. The first-order chi connectivity index (χ1) is 13.5. The smallest absolute Gasteiger partial charge is 0.296 e. The molecule has 1 aliphatic carbocycles. The lowest BCUT2D eigenvalue weighted by molar-refractivity contribution is -0.384. The number of hydrogen-bond donors (Lipinski definition) is 2. The van der Waals surface area contributed by atoms with E-state index in [9.17, 15) is 14.9 Å². The summed E-state index contributed by atoms with van der Waals surface area (Å²) in [4.78, 5) is 22.9. The Bertz CT molecular complexity index is 865. The van der Waals surface area contributed by atoms with Gasteiger partial charge in [-0.15, -0.1) is 10.2 Å². The third-order valence-electron chi connectivity index (χ3n) is 4.67. The average molecular weight is 406 g/mol. The molecule has 1 aromatic heterocycles. The molecule has 11 heteroatoms. The standard InChI is InChI=1S/C17H22N6O4S/c1-27-12-7-8-13(14(9-12)23(25)26)19-15(24)10-28-17-21-20-16(22(17)18)11-5-3-2-4-6-11/h7-9,11H,2-6,10,18H2,1H3,(H,19,24). The normalized spacial score (nSPS) is 14.6. The van der Waals surface area contributed by atoms with Crippen LogP contribution in [-0.2, 0) is 4.79 Å². The molecule has 0 unspecified atom stereocenters. The highest BCUT2D eigenvalue weighted by atomic mass is 32.2. The van der Waals surface area contributed by atoms with Crippen molar-refractivity contribution in [2.75, 3.05) is 24.0 Å². The topological polar surface area (TPSA) is 138 Å². The molecule has 1 fully saturated rings. The number of nitrogens with one attached hydrogen (secondary N) is 1. The van der Waals surface area contributed by atoms with E-state index in [0.717, 1.165) is 43.3 Å². The fourth-order valence-electron chi connectivity index (χ4n) is 3.24. The molecule has 1 amide bonds. The van der Waals surface area contributed by atoms with Gasteiger partial charge in [-0.3, -0.25) is 14.9 Å². The van der Waals surface area contributed by atoms with Crippen LogP contribution in [-0.4, -0.2) is 38.6 Å². The van der Waals surface area contributed by atoms with Crippen molar-refractivity contribution in [3.63, 3.8) is 0 Å². The van der Waals surface area contributed by atoms with Gasteiger partial charge >= 0.3 is 0 Å². The number of hydrogen-bond acceptors (Lipinski definition) is 8. The van der Waals surface area contributed by atoms with Crippen LogP contribution in [0.2, 0.25) is 0 Å². The number of benzene rings is 1. The molecule has 10 nitrogen and oxygen atoms in total. The summed E-state index contributed by atoms with van der Waals surface area (Å²) in [5.41, 5.74) is -0.132. The summed E-state index contributed by atoms with van der Waals surface area (Å²) >= 11 is 1.14. The molecule has 3 N–H and O–H groups in total. The van der Waals surface area contributed by atoms with Crippen molar-refractivity contribution in [3.05, 3.63) is 34.1 Å². The molecule has 0 radical (unpaired) electrons. The Hall–Kier alpha value is -2.82. The van der Waals surface area contributed by atoms with Crippen molar-refractivity contribution in [3.8, 4) is 5.75 Å². The van der Waals surface area contributed by atoms with Crippen LogP contribution in [0, 0.1) is 10.1 Å². The largest absolute Gasteiger partial charge is 0.496 e. The van der Waals surface area contributed by atoms with Gasteiger partial charge < -0.3 is 15.9 Å². The number of thioether (sulfide) groups is 1. The molecule has 1 heterocycles. The van der Waals surface area contributed by atoms with Crippen LogP contribution in [0.15, 0.2) is 23.4 Å². The Balaban J connectivity index is 1.62. The van der Waals surface area contributed by atoms with Gasteiger partial charge in [0.05, 0.1) is 23.9 Å². The molecule has 1 saturated carbocycles. The van der Waals surface area contributed by atoms with E-state index in [-0.39, 0.29) is 17.1 Å². The number of methoxy groups -OCH3 is 1. The highest BCUT2D eigenvalue weighted by Gasteiger charge is 2.23. The molecule has 1 aromatic carbocycles. The van der Waals surface area contributed by atoms with Crippen molar-refractivity contribution in [2.45, 2.75) is 43.2 Å². The highest BCUT2D eigenvalue weighted by molar-refractivity contribution is 7.99. The Kier molecular flexibility index (Phi) is 6.34. The lowest BCUT2D eigenvalue weighted by Gasteiger charge is -2.20. The minimum Gasteiger partial charge on any atom is -0.496 e. The maximum atomic E-state index is 12.3. The molecule has 0 atom stereocenters. The highest BCUT2D eigenvalue weighted by Crippen LogP contribution is 2.32. The third kappa shape index (κ3) is 4.53. The first kappa shape index (κ1) is 19.9. The number of carbonyl (C=O) groups excluding carboxylic acids is 1. The predicted molar refractivity (Wildman–Crippen MR) is 105 cm³/mol. The van der Waals surface area contributed by atoms with Crippen LogP contribution in [0.4, 0.5) is 11.4 Å². The van der Waals surface area contributed by atoms with Crippen LogP contribution in [0.25, 0.3) is 0 Å². The zero-order valence-electron chi connectivity index (χ0n) is 15.5. The van der Waals surface area contributed by atoms with Gasteiger partial charge in [0.1, 0.15) is 11.4 Å². The van der Waals surface area contributed by atoms with E-state index in [1.807, 2.05) is 0 Å². The second-order valence-corrected chi connectivity index (χ2v) is 7.47. The quantitative estimate of drug-likeness (QED) is 0.310. The van der Waals surface area contributed by atoms with Crippen molar-refractivity contribution >= 4 is 29.0 Å². The van der Waals surface area contributed by atoms with E-state index in [1.54, 1.807) is 6.07 Å². The first-order valence-electron chi connectivity index (χ1n) is 8.95. The summed E-state index contributed by atoms with van der Waals surface area (Å²) < 4.78 is 6.43. The van der Waals surface area contributed by atoms with Crippen LogP contribution in [0.5, 0.6) is 5.75 Å². The van der Waals surface area contributed by atoms with E-state index >= 15 is 0 Å². The van der Waals surface area contributed by atoms with E-state index in [1.165, 1.54) is 30.3 Å². The van der Waals surface area contributed by atoms with Gasteiger partial charge in [-0.25, -0.2) is 4.68 Å². The molecule has 0 aliphatic heterocycles. The first-order valence-corrected chi connectivity index (χ1v) is 9.93. The number of nitro benzene ring substituents is 1. The second kappa shape index (κ2) is 8.91. The van der Waals surface area contributed by atoms with Crippen molar-refractivity contribution in [1.82, 2.24) is 14.9 Å². The van der Waals surface area contributed by atoms with Gasteiger partial charge in [0.15, 0.2) is 5.82 Å². The number of nitro groups is 1. The number of amides is 1. The van der Waals surface area contributed by atoms with Gasteiger partial charge in [0.25, 0.3) is 5.69 Å². The summed E-state index contributed by atoms with van der Waals surface area (Å²) in [6.45, 7) is 0. The zero-order chi connectivity index (χ0) is 20.1. The van der Waals surface area contributed by atoms with Crippen molar-refractivity contribution in [1.29, 1.82) is 0 Å². The molecule has 0 spiro atoms. The summed E-state index contributed by atoms with van der Waals surface area (Å²) in [7, 11) is 1.42. The fraction of sp³-hybridized carbons (Fsp3) is 0.471.